The molecule has 16 heavy (non-hydrogen) atoms. The Bertz CT molecular complexity index is 458. The van der Waals surface area contributed by atoms with Crippen LogP contribution < -0.4 is 0 Å². The van der Waals surface area contributed by atoms with Crippen LogP contribution in [0.2, 0.25) is 0 Å². The van der Waals surface area contributed by atoms with Crippen LogP contribution in [0, 0.1) is 0 Å². The van der Waals surface area contributed by atoms with Crippen molar-refractivity contribution < 1.29 is 5.11 Å². The number of nitrogens with zero attached hydrogens (tertiary/aromatic N) is 1. The molecule has 0 fully saturated rings. The average molecular weight is 282 g/mol. The van der Waals surface area contributed by atoms with Crippen LogP contribution in [0.1, 0.15) is 48.6 Å². The largest absolute Gasteiger partial charge is 0.384 e. The van der Waals surface area contributed by atoms with E-state index in [-0.39, 0.29) is 0 Å². The molecule has 1 atom stereocenters. The smallest absolute Gasteiger partial charge is 0.110 e. The highest BCUT2D eigenvalue weighted by Crippen LogP contribution is 2.43. The van der Waals surface area contributed by atoms with E-state index in [1.54, 1.807) is 0 Å². The Morgan fingerprint density at radius 1 is 1.25 bits per heavy atom. The van der Waals surface area contributed by atoms with Gasteiger partial charge in [0.05, 0.1) is 5.69 Å². The molecule has 2 nitrogen and oxygen atoms in total. The van der Waals surface area contributed by atoms with Crippen LogP contribution >= 0.6 is 15.9 Å². The Morgan fingerprint density at radius 2 is 2.00 bits per heavy atom. The summed E-state index contributed by atoms with van der Waals surface area (Å²) in [4.78, 5) is 4.62. The minimum absolute atomic E-state index is 0.671. The number of pyridine rings is 1. The lowest BCUT2D eigenvalue weighted by molar-refractivity contribution is 0.0305. The average Bonchev–Trinajstić information content (AvgIpc) is 2.86. The van der Waals surface area contributed by atoms with Gasteiger partial charge in [0.1, 0.15) is 10.2 Å². The summed E-state index contributed by atoms with van der Waals surface area (Å²) in [6.45, 7) is 2.04. The standard InChI is InChI=1S/C13H16BrNO/c1-2-13(16)7-6-9-8-4-3-5-10(8)12(14)15-11(9)13/h16H,2-7H2,1H3. The van der Waals surface area contributed by atoms with Crippen molar-refractivity contribution in [3.8, 4) is 0 Å². The number of rotatable bonds is 1. The van der Waals surface area contributed by atoms with Gasteiger partial charge in [0, 0.05) is 0 Å². The molecule has 1 N–H and O–H groups in total. The summed E-state index contributed by atoms with van der Waals surface area (Å²) in [6.07, 6.45) is 6.14. The van der Waals surface area contributed by atoms with Gasteiger partial charge in [0.15, 0.2) is 0 Å². The second-order valence-corrected chi connectivity index (χ2v) is 5.68. The molecule has 0 aromatic carbocycles. The first-order valence-corrected chi connectivity index (χ1v) is 6.88. The minimum Gasteiger partial charge on any atom is -0.384 e. The van der Waals surface area contributed by atoms with E-state index < -0.39 is 5.60 Å². The van der Waals surface area contributed by atoms with Gasteiger partial charge in [-0.25, -0.2) is 4.98 Å². The van der Waals surface area contributed by atoms with Crippen molar-refractivity contribution in [2.24, 2.45) is 0 Å². The fraction of sp³-hybridized carbons (Fsp3) is 0.615. The molecule has 1 unspecified atom stereocenters. The van der Waals surface area contributed by atoms with E-state index >= 15 is 0 Å². The molecule has 1 aromatic rings. The molecule has 0 spiro atoms. The molecule has 0 amide bonds. The van der Waals surface area contributed by atoms with E-state index in [1.165, 1.54) is 29.5 Å². The van der Waals surface area contributed by atoms with Gasteiger partial charge < -0.3 is 5.11 Å². The molecule has 86 valence electrons. The van der Waals surface area contributed by atoms with E-state index in [9.17, 15) is 5.11 Å². The zero-order chi connectivity index (χ0) is 11.3. The Kier molecular flexibility index (Phi) is 2.37. The molecule has 0 saturated heterocycles. The van der Waals surface area contributed by atoms with Crippen LogP contribution in [0.4, 0.5) is 0 Å². The van der Waals surface area contributed by atoms with Crippen LogP contribution in [-0.4, -0.2) is 10.1 Å². The number of fused-ring (bicyclic) bond motifs is 3. The number of hydrogen-bond donors (Lipinski definition) is 1. The monoisotopic (exact) mass is 281 g/mol. The van der Waals surface area contributed by atoms with E-state index in [0.717, 1.165) is 36.0 Å². The third kappa shape index (κ3) is 1.31. The van der Waals surface area contributed by atoms with E-state index in [0.29, 0.717) is 0 Å². The number of aliphatic hydroxyl groups is 1. The predicted molar refractivity (Wildman–Crippen MR) is 66.5 cm³/mol. The summed E-state index contributed by atoms with van der Waals surface area (Å²) >= 11 is 3.56. The number of aromatic nitrogens is 1. The Labute approximate surface area is 104 Å². The highest BCUT2D eigenvalue weighted by atomic mass is 79.9. The van der Waals surface area contributed by atoms with Crippen molar-refractivity contribution in [3.63, 3.8) is 0 Å². The molecule has 1 heterocycles. The van der Waals surface area contributed by atoms with Crippen molar-refractivity contribution in [3.05, 3.63) is 27.0 Å². The van der Waals surface area contributed by atoms with E-state index in [4.69, 9.17) is 0 Å². The maximum absolute atomic E-state index is 10.5. The first-order chi connectivity index (χ1) is 7.65. The summed E-state index contributed by atoms with van der Waals surface area (Å²) in [6, 6.07) is 0. The van der Waals surface area contributed by atoms with Gasteiger partial charge in [-0.05, 0) is 71.1 Å². The lowest BCUT2D eigenvalue weighted by atomic mass is 9.96. The molecule has 0 bridgehead atoms. The Balaban J connectivity index is 2.23. The highest BCUT2D eigenvalue weighted by molar-refractivity contribution is 9.10. The van der Waals surface area contributed by atoms with E-state index in [1.807, 2.05) is 6.92 Å². The van der Waals surface area contributed by atoms with Crippen molar-refractivity contribution in [2.45, 2.75) is 51.0 Å². The summed E-state index contributed by atoms with van der Waals surface area (Å²) in [5.74, 6) is 0. The number of halogens is 1. The second kappa shape index (κ2) is 3.54. The summed E-state index contributed by atoms with van der Waals surface area (Å²) in [5.41, 5.74) is 4.48. The molecular weight excluding hydrogens is 266 g/mol. The second-order valence-electron chi connectivity index (χ2n) is 4.93. The molecule has 1 aromatic heterocycles. The van der Waals surface area contributed by atoms with Crippen molar-refractivity contribution in [2.75, 3.05) is 0 Å². The zero-order valence-electron chi connectivity index (χ0n) is 9.52. The van der Waals surface area contributed by atoms with Crippen LogP contribution in [0.15, 0.2) is 4.60 Å². The molecule has 0 saturated carbocycles. The molecule has 0 radical (unpaired) electrons. The van der Waals surface area contributed by atoms with Gasteiger partial charge in [-0.3, -0.25) is 0 Å². The normalized spacial score (nSPS) is 26.9. The quantitative estimate of drug-likeness (QED) is 0.803. The lowest BCUT2D eigenvalue weighted by Crippen LogP contribution is -2.22. The minimum atomic E-state index is -0.671. The molecular formula is C13H16BrNO. The Morgan fingerprint density at radius 3 is 2.75 bits per heavy atom. The fourth-order valence-corrected chi connectivity index (χ4v) is 3.74. The van der Waals surface area contributed by atoms with Crippen LogP contribution in [0.3, 0.4) is 0 Å². The van der Waals surface area contributed by atoms with Crippen molar-refractivity contribution in [1.29, 1.82) is 0 Å². The van der Waals surface area contributed by atoms with Crippen molar-refractivity contribution >= 4 is 15.9 Å². The van der Waals surface area contributed by atoms with Crippen LogP contribution in [0.5, 0.6) is 0 Å². The summed E-state index contributed by atoms with van der Waals surface area (Å²) < 4.78 is 0.965. The van der Waals surface area contributed by atoms with Gasteiger partial charge >= 0.3 is 0 Å². The first-order valence-electron chi connectivity index (χ1n) is 6.08. The van der Waals surface area contributed by atoms with Gasteiger partial charge in [0.25, 0.3) is 0 Å². The van der Waals surface area contributed by atoms with E-state index in [2.05, 4.69) is 20.9 Å². The fourth-order valence-electron chi connectivity index (χ4n) is 3.13. The molecule has 0 aliphatic heterocycles. The maximum atomic E-state index is 10.5. The highest BCUT2D eigenvalue weighted by Gasteiger charge is 2.39. The Hall–Kier alpha value is -0.410. The molecule has 2 aliphatic carbocycles. The first kappa shape index (κ1) is 10.7. The summed E-state index contributed by atoms with van der Waals surface area (Å²) in [5, 5.41) is 10.5. The van der Waals surface area contributed by atoms with Crippen molar-refractivity contribution in [1.82, 2.24) is 4.98 Å². The predicted octanol–water partition coefficient (Wildman–Crippen LogP) is 2.88. The molecule has 2 aliphatic rings. The van der Waals surface area contributed by atoms with Crippen LogP contribution in [-0.2, 0) is 24.9 Å². The molecule has 3 rings (SSSR count). The molecule has 3 heteroatoms. The summed E-state index contributed by atoms with van der Waals surface area (Å²) in [7, 11) is 0. The van der Waals surface area contributed by atoms with Gasteiger partial charge in [0.2, 0.25) is 0 Å². The van der Waals surface area contributed by atoms with Crippen LogP contribution in [0.25, 0.3) is 0 Å². The van der Waals surface area contributed by atoms with Gasteiger partial charge in [-0.2, -0.15) is 0 Å². The SMILES string of the molecule is CCC1(O)CCc2c1nc(Br)c1c2CCC1. The van der Waals surface area contributed by atoms with Gasteiger partial charge in [-0.1, -0.05) is 6.92 Å². The maximum Gasteiger partial charge on any atom is 0.110 e. The third-order valence-corrected chi connectivity index (χ3v) is 4.80. The zero-order valence-corrected chi connectivity index (χ0v) is 11.1. The topological polar surface area (TPSA) is 33.1 Å². The third-order valence-electron chi connectivity index (χ3n) is 4.14. The number of hydrogen-bond acceptors (Lipinski definition) is 2. The van der Waals surface area contributed by atoms with Gasteiger partial charge in [-0.15, -0.1) is 0 Å². The lowest BCUT2D eigenvalue weighted by Gasteiger charge is -2.21.